The second kappa shape index (κ2) is 8.42. The average Bonchev–Trinajstić information content (AvgIpc) is 2.61. The van der Waals surface area contributed by atoms with E-state index in [1.165, 1.54) is 12.1 Å². The van der Waals surface area contributed by atoms with Crippen LogP contribution in [0.2, 0.25) is 0 Å². The van der Waals surface area contributed by atoms with Crippen molar-refractivity contribution in [1.29, 1.82) is 0 Å². The number of nitrogens with zero attached hydrogens (tertiary/aromatic N) is 1. The van der Waals surface area contributed by atoms with E-state index >= 15 is 0 Å². The Morgan fingerprint density at radius 1 is 0.958 bits per heavy atom. The van der Waals surface area contributed by atoms with E-state index in [9.17, 15) is 19.7 Å². The summed E-state index contributed by atoms with van der Waals surface area (Å²) in [6, 6.07) is 14.8. The molecule has 0 unspecified atom stereocenters. The van der Waals surface area contributed by atoms with Gasteiger partial charge in [-0.25, -0.2) is 0 Å². The Kier molecular flexibility index (Phi) is 6.01. The van der Waals surface area contributed by atoms with E-state index in [-0.39, 0.29) is 30.6 Å². The van der Waals surface area contributed by atoms with E-state index in [0.717, 1.165) is 5.56 Å². The monoisotopic (exact) mass is 327 g/mol. The second-order valence-electron chi connectivity index (χ2n) is 5.07. The molecule has 24 heavy (non-hydrogen) atoms. The van der Waals surface area contributed by atoms with Gasteiger partial charge in [-0.1, -0.05) is 30.3 Å². The Labute approximate surface area is 138 Å². The summed E-state index contributed by atoms with van der Waals surface area (Å²) in [7, 11) is 0. The van der Waals surface area contributed by atoms with E-state index in [4.69, 9.17) is 0 Å². The first-order valence-corrected chi connectivity index (χ1v) is 7.39. The van der Waals surface area contributed by atoms with Crippen LogP contribution in [-0.2, 0) is 11.2 Å². The highest BCUT2D eigenvalue weighted by molar-refractivity contribution is 5.94. The third-order valence-electron chi connectivity index (χ3n) is 3.36. The number of hydrogen-bond donors (Lipinski definition) is 2. The molecule has 2 rings (SSSR count). The largest absolute Gasteiger partial charge is 0.339 e. The molecule has 0 aliphatic rings. The summed E-state index contributed by atoms with van der Waals surface area (Å²) in [6.07, 6.45) is 0.704. The van der Waals surface area contributed by atoms with Crippen molar-refractivity contribution in [1.82, 2.24) is 10.6 Å². The van der Waals surface area contributed by atoms with Gasteiger partial charge >= 0.3 is 0 Å². The van der Waals surface area contributed by atoms with Crippen molar-refractivity contribution < 1.29 is 14.5 Å². The van der Waals surface area contributed by atoms with Gasteiger partial charge in [0.25, 0.3) is 11.6 Å². The number of amides is 2. The lowest BCUT2D eigenvalue weighted by Crippen LogP contribution is -2.37. The van der Waals surface area contributed by atoms with Crippen LogP contribution >= 0.6 is 0 Å². The van der Waals surface area contributed by atoms with Crippen LogP contribution in [0.3, 0.4) is 0 Å². The predicted molar refractivity (Wildman–Crippen MR) is 88.3 cm³/mol. The van der Waals surface area contributed by atoms with Crippen LogP contribution in [0.25, 0.3) is 0 Å². The summed E-state index contributed by atoms with van der Waals surface area (Å²) < 4.78 is 0. The predicted octanol–water partition coefficient (Wildman–Crippen LogP) is 2.03. The molecule has 2 aromatic rings. The Balaban J connectivity index is 1.70. The summed E-state index contributed by atoms with van der Waals surface area (Å²) in [5.74, 6) is -0.465. The van der Waals surface area contributed by atoms with Gasteiger partial charge < -0.3 is 10.6 Å². The van der Waals surface area contributed by atoms with Gasteiger partial charge in [0.2, 0.25) is 5.91 Å². The smallest absolute Gasteiger partial charge is 0.269 e. The van der Waals surface area contributed by atoms with Crippen LogP contribution in [0.5, 0.6) is 0 Å². The van der Waals surface area contributed by atoms with Gasteiger partial charge in [-0.05, 0) is 24.1 Å². The molecule has 0 spiro atoms. The van der Waals surface area contributed by atoms with Gasteiger partial charge in [0.15, 0.2) is 0 Å². The van der Waals surface area contributed by atoms with Crippen molar-refractivity contribution in [2.24, 2.45) is 0 Å². The van der Waals surface area contributed by atoms with Crippen molar-refractivity contribution >= 4 is 17.5 Å². The molecule has 7 nitrogen and oxygen atoms in total. The number of nitrogens with one attached hydrogen (secondary N) is 2. The number of benzene rings is 2. The zero-order chi connectivity index (χ0) is 17.4. The molecule has 2 aromatic carbocycles. The number of nitro benzene ring substituents is 1. The quantitative estimate of drug-likeness (QED) is 0.461. The minimum absolute atomic E-state index is 0.0202. The lowest BCUT2D eigenvalue weighted by atomic mass is 10.1. The Bertz CT molecular complexity index is 714. The van der Waals surface area contributed by atoms with Crippen LogP contribution in [0.1, 0.15) is 22.3 Å². The zero-order valence-corrected chi connectivity index (χ0v) is 12.9. The molecular formula is C17H17N3O4. The van der Waals surface area contributed by atoms with E-state index in [1.807, 2.05) is 6.07 Å². The Hall–Kier alpha value is -3.22. The summed E-state index contributed by atoms with van der Waals surface area (Å²) in [6.45, 7) is 0.0484. The van der Waals surface area contributed by atoms with Crippen LogP contribution in [-0.4, -0.2) is 23.4 Å². The maximum Gasteiger partial charge on any atom is 0.269 e. The number of rotatable bonds is 7. The maximum absolute atomic E-state index is 11.8. The van der Waals surface area contributed by atoms with Gasteiger partial charge in [-0.15, -0.1) is 0 Å². The van der Waals surface area contributed by atoms with E-state index in [0.29, 0.717) is 12.0 Å². The van der Waals surface area contributed by atoms with E-state index in [1.54, 1.807) is 36.4 Å². The molecular weight excluding hydrogens is 310 g/mol. The summed E-state index contributed by atoms with van der Waals surface area (Å²) in [5, 5.41) is 15.8. The van der Waals surface area contributed by atoms with Gasteiger partial charge in [0, 0.05) is 24.1 Å². The summed E-state index contributed by atoms with van der Waals surface area (Å²) in [5.41, 5.74) is 1.38. The third-order valence-corrected chi connectivity index (χ3v) is 3.36. The number of hydrogen-bond acceptors (Lipinski definition) is 4. The molecule has 7 heteroatoms. The van der Waals surface area contributed by atoms with Crippen molar-refractivity contribution in [3.63, 3.8) is 0 Å². The van der Waals surface area contributed by atoms with Crippen molar-refractivity contribution in [3.05, 3.63) is 75.8 Å². The van der Waals surface area contributed by atoms with Gasteiger partial charge in [-0.3, -0.25) is 19.7 Å². The van der Waals surface area contributed by atoms with Crippen LogP contribution in [0.4, 0.5) is 5.69 Å². The lowest BCUT2D eigenvalue weighted by molar-refractivity contribution is -0.384. The minimum Gasteiger partial charge on any atom is -0.339 e. The van der Waals surface area contributed by atoms with Gasteiger partial charge in [-0.2, -0.15) is 0 Å². The average molecular weight is 327 g/mol. The molecule has 0 aromatic heterocycles. The first kappa shape index (κ1) is 17.1. The number of carbonyl (C=O) groups is 2. The Morgan fingerprint density at radius 2 is 1.62 bits per heavy atom. The molecule has 2 N–H and O–H groups in total. The number of non-ortho nitro benzene ring substituents is 1. The maximum atomic E-state index is 11.8. The first-order chi connectivity index (χ1) is 11.6. The molecule has 0 aliphatic carbocycles. The molecule has 0 aliphatic heterocycles. The first-order valence-electron chi connectivity index (χ1n) is 7.39. The highest BCUT2D eigenvalue weighted by atomic mass is 16.6. The normalized spacial score (nSPS) is 10.0. The molecule has 0 atom stereocenters. The SMILES string of the molecule is O=C(CCc1ccc([N+](=O)[O-])cc1)NCNC(=O)c1ccccc1. The lowest BCUT2D eigenvalue weighted by Gasteiger charge is -2.07. The molecule has 0 saturated heterocycles. The van der Waals surface area contributed by atoms with Gasteiger partial charge in [0.1, 0.15) is 0 Å². The number of aryl methyl sites for hydroxylation is 1. The standard InChI is InChI=1S/C17H17N3O4/c21-16(11-8-13-6-9-15(10-7-13)20(23)24)18-12-19-17(22)14-4-2-1-3-5-14/h1-7,9-10H,8,11-12H2,(H,18,21)(H,19,22). The molecule has 2 amide bonds. The van der Waals surface area contributed by atoms with E-state index in [2.05, 4.69) is 10.6 Å². The summed E-state index contributed by atoms with van der Waals surface area (Å²) >= 11 is 0. The Morgan fingerprint density at radius 3 is 2.25 bits per heavy atom. The van der Waals surface area contributed by atoms with Crippen LogP contribution in [0, 0.1) is 10.1 Å². The van der Waals surface area contributed by atoms with Crippen LogP contribution < -0.4 is 10.6 Å². The highest BCUT2D eigenvalue weighted by Gasteiger charge is 2.07. The molecule has 0 heterocycles. The number of nitro groups is 1. The van der Waals surface area contributed by atoms with E-state index < -0.39 is 4.92 Å². The number of carbonyl (C=O) groups excluding carboxylic acids is 2. The topological polar surface area (TPSA) is 101 Å². The molecule has 0 fully saturated rings. The fraction of sp³-hybridized carbons (Fsp3) is 0.176. The fourth-order valence-corrected chi connectivity index (χ4v) is 2.05. The summed E-state index contributed by atoms with van der Waals surface area (Å²) in [4.78, 5) is 33.6. The third kappa shape index (κ3) is 5.20. The highest BCUT2D eigenvalue weighted by Crippen LogP contribution is 2.12. The molecule has 0 radical (unpaired) electrons. The zero-order valence-electron chi connectivity index (χ0n) is 12.9. The molecule has 0 saturated carbocycles. The second-order valence-corrected chi connectivity index (χ2v) is 5.07. The van der Waals surface area contributed by atoms with Crippen molar-refractivity contribution in [2.45, 2.75) is 12.8 Å². The molecule has 0 bridgehead atoms. The van der Waals surface area contributed by atoms with Crippen molar-refractivity contribution in [3.8, 4) is 0 Å². The minimum atomic E-state index is -0.466. The molecule has 124 valence electrons. The van der Waals surface area contributed by atoms with Gasteiger partial charge in [0.05, 0.1) is 11.6 Å². The fourth-order valence-electron chi connectivity index (χ4n) is 2.05. The van der Waals surface area contributed by atoms with Crippen LogP contribution in [0.15, 0.2) is 54.6 Å². The van der Waals surface area contributed by atoms with Crippen molar-refractivity contribution in [2.75, 3.05) is 6.67 Å².